The second-order valence-electron chi connectivity index (χ2n) is 8.82. The van der Waals surface area contributed by atoms with Crippen LogP contribution in [0.15, 0.2) is 41.5 Å². The molecule has 0 aromatic carbocycles. The monoisotopic (exact) mass is 392 g/mol. The van der Waals surface area contributed by atoms with E-state index in [1.54, 1.807) is 19.3 Å². The number of hydrogen-bond donors (Lipinski definition) is 0. The van der Waals surface area contributed by atoms with Crippen molar-refractivity contribution in [2.75, 3.05) is 26.2 Å². The molecular formula is C23H28N4O2. The van der Waals surface area contributed by atoms with Crippen LogP contribution in [0.3, 0.4) is 0 Å². The number of likely N-dealkylation sites (tertiary alicyclic amines) is 2. The Labute approximate surface area is 171 Å². The quantitative estimate of drug-likeness (QED) is 0.787. The number of aromatic nitrogens is 2. The van der Waals surface area contributed by atoms with Gasteiger partial charge in [0.1, 0.15) is 0 Å². The molecule has 0 spiro atoms. The van der Waals surface area contributed by atoms with Crippen molar-refractivity contribution in [1.82, 2.24) is 19.4 Å². The van der Waals surface area contributed by atoms with E-state index < -0.39 is 0 Å². The normalized spacial score (nSPS) is 24.9. The Balaban J connectivity index is 1.37. The van der Waals surface area contributed by atoms with E-state index in [2.05, 4.69) is 16.0 Å². The average Bonchev–Trinajstić information content (AvgIpc) is 2.75. The lowest BCUT2D eigenvalue weighted by atomic mass is 9.81. The molecule has 2 bridgehead atoms. The van der Waals surface area contributed by atoms with E-state index >= 15 is 0 Å². The van der Waals surface area contributed by atoms with Crippen molar-refractivity contribution in [2.24, 2.45) is 5.92 Å². The zero-order valence-corrected chi connectivity index (χ0v) is 17.0. The summed E-state index contributed by atoms with van der Waals surface area (Å²) in [6.07, 6.45) is 6.80. The topological polar surface area (TPSA) is 58.4 Å². The highest BCUT2D eigenvalue weighted by Crippen LogP contribution is 2.37. The third-order valence-corrected chi connectivity index (χ3v) is 7.03. The molecule has 1 amide bonds. The number of fused-ring (bicyclic) bond motifs is 4. The van der Waals surface area contributed by atoms with Gasteiger partial charge in [-0.2, -0.15) is 0 Å². The summed E-state index contributed by atoms with van der Waals surface area (Å²) in [5.74, 6) is 1.13. The molecule has 5 heterocycles. The summed E-state index contributed by atoms with van der Waals surface area (Å²) in [6.45, 7) is 6.30. The van der Waals surface area contributed by atoms with E-state index in [9.17, 15) is 9.59 Å². The van der Waals surface area contributed by atoms with E-state index in [1.807, 2.05) is 27.7 Å². The molecule has 3 aliphatic heterocycles. The maximum absolute atomic E-state index is 13.2. The second-order valence-corrected chi connectivity index (χ2v) is 8.82. The summed E-state index contributed by atoms with van der Waals surface area (Å²) < 4.78 is 2.02. The molecule has 0 radical (unpaired) electrons. The molecule has 0 unspecified atom stereocenters. The van der Waals surface area contributed by atoms with Crippen molar-refractivity contribution in [3.63, 3.8) is 0 Å². The highest BCUT2D eigenvalue weighted by molar-refractivity contribution is 5.73. The van der Waals surface area contributed by atoms with E-state index in [0.717, 1.165) is 56.7 Å². The molecule has 0 N–H and O–H groups in total. The van der Waals surface area contributed by atoms with Crippen molar-refractivity contribution in [3.05, 3.63) is 52.7 Å². The fourth-order valence-corrected chi connectivity index (χ4v) is 5.57. The van der Waals surface area contributed by atoms with Crippen LogP contribution in [-0.2, 0) is 11.3 Å². The summed E-state index contributed by atoms with van der Waals surface area (Å²) >= 11 is 0. The lowest BCUT2D eigenvalue weighted by Crippen LogP contribution is -2.53. The number of piperidine rings is 2. The fraction of sp³-hybridized carbons (Fsp3) is 0.522. The van der Waals surface area contributed by atoms with Crippen LogP contribution < -0.4 is 5.56 Å². The Morgan fingerprint density at radius 1 is 1.10 bits per heavy atom. The third kappa shape index (κ3) is 3.39. The van der Waals surface area contributed by atoms with Crippen LogP contribution in [-0.4, -0.2) is 57.5 Å². The highest BCUT2D eigenvalue weighted by atomic mass is 16.2. The Morgan fingerprint density at radius 2 is 1.93 bits per heavy atom. The number of rotatable bonds is 2. The molecule has 3 aliphatic rings. The molecular weight excluding hydrogens is 364 g/mol. The smallest absolute Gasteiger partial charge is 0.258 e. The summed E-state index contributed by atoms with van der Waals surface area (Å²) in [6, 6.07) is 8.53. The van der Waals surface area contributed by atoms with Crippen LogP contribution >= 0.6 is 0 Å². The first-order valence-electron chi connectivity index (χ1n) is 10.7. The maximum Gasteiger partial charge on any atom is 0.258 e. The minimum atomic E-state index is 0.119. The van der Waals surface area contributed by atoms with Gasteiger partial charge in [0.05, 0.1) is 0 Å². The standard InChI is InChI=1S/C23H28N4O2/c1-16(28)25-9-6-20(7-10-25)26-13-17-11-19(15-26)22-5-4-21(23(29)27(22)14-17)18-3-2-8-24-12-18/h2-5,8,12,17,19-20H,6-7,9-11,13-15H2,1H3/t17-,19+/m0/s1. The van der Waals surface area contributed by atoms with Gasteiger partial charge in [-0.05, 0) is 43.4 Å². The second kappa shape index (κ2) is 7.41. The molecule has 6 nitrogen and oxygen atoms in total. The molecule has 2 aromatic rings. The van der Waals surface area contributed by atoms with Crippen LogP contribution in [0.1, 0.15) is 37.8 Å². The molecule has 0 aliphatic carbocycles. The van der Waals surface area contributed by atoms with Gasteiger partial charge < -0.3 is 9.47 Å². The minimum absolute atomic E-state index is 0.119. The van der Waals surface area contributed by atoms with Gasteiger partial charge in [-0.3, -0.25) is 19.5 Å². The third-order valence-electron chi connectivity index (χ3n) is 7.03. The first kappa shape index (κ1) is 18.6. The predicted octanol–water partition coefficient (Wildman–Crippen LogP) is 2.34. The van der Waals surface area contributed by atoms with Crippen molar-refractivity contribution in [2.45, 2.75) is 44.7 Å². The molecule has 2 fully saturated rings. The Hall–Kier alpha value is -2.47. The van der Waals surface area contributed by atoms with Crippen LogP contribution in [0.2, 0.25) is 0 Å². The number of pyridine rings is 2. The number of hydrogen-bond acceptors (Lipinski definition) is 4. The number of amides is 1. The van der Waals surface area contributed by atoms with Gasteiger partial charge in [0.2, 0.25) is 5.91 Å². The van der Waals surface area contributed by atoms with Crippen molar-refractivity contribution >= 4 is 5.91 Å². The van der Waals surface area contributed by atoms with Crippen LogP contribution in [0.25, 0.3) is 11.1 Å². The van der Waals surface area contributed by atoms with Crippen molar-refractivity contribution in [3.8, 4) is 11.1 Å². The molecule has 2 aromatic heterocycles. The zero-order valence-electron chi connectivity index (χ0n) is 17.0. The van der Waals surface area contributed by atoms with Gasteiger partial charge in [-0.15, -0.1) is 0 Å². The van der Waals surface area contributed by atoms with Gasteiger partial charge >= 0.3 is 0 Å². The predicted molar refractivity (Wildman–Crippen MR) is 112 cm³/mol. The van der Waals surface area contributed by atoms with Gasteiger partial charge in [0.15, 0.2) is 0 Å². The lowest BCUT2D eigenvalue weighted by molar-refractivity contribution is -0.130. The van der Waals surface area contributed by atoms with Crippen LogP contribution in [0, 0.1) is 5.92 Å². The molecule has 5 rings (SSSR count). The first-order valence-corrected chi connectivity index (χ1v) is 10.7. The summed E-state index contributed by atoms with van der Waals surface area (Å²) in [7, 11) is 0. The molecule has 152 valence electrons. The Kier molecular flexibility index (Phi) is 4.74. The van der Waals surface area contributed by atoms with Crippen molar-refractivity contribution < 1.29 is 4.79 Å². The minimum Gasteiger partial charge on any atom is -0.343 e. The lowest BCUT2D eigenvalue weighted by Gasteiger charge is -2.47. The van der Waals surface area contributed by atoms with Gasteiger partial charge in [0, 0.05) is 80.8 Å². The SMILES string of the molecule is CC(=O)N1CCC(N2C[C@@H]3C[C@H](C2)c2ccc(-c4cccnc4)c(=O)n2C3)CC1. The highest BCUT2D eigenvalue weighted by Gasteiger charge is 2.38. The number of carbonyl (C=O) groups is 1. The molecule has 2 saturated heterocycles. The van der Waals surface area contributed by atoms with E-state index in [4.69, 9.17) is 0 Å². The van der Waals surface area contributed by atoms with Gasteiger partial charge in [0.25, 0.3) is 5.56 Å². The van der Waals surface area contributed by atoms with Crippen molar-refractivity contribution in [1.29, 1.82) is 0 Å². The zero-order chi connectivity index (χ0) is 20.0. The summed E-state index contributed by atoms with van der Waals surface area (Å²) in [5.41, 5.74) is 2.94. The average molecular weight is 393 g/mol. The fourth-order valence-electron chi connectivity index (χ4n) is 5.57. The molecule has 29 heavy (non-hydrogen) atoms. The maximum atomic E-state index is 13.2. The van der Waals surface area contributed by atoms with Crippen LogP contribution in [0.4, 0.5) is 0 Å². The number of nitrogens with zero attached hydrogens (tertiary/aromatic N) is 4. The Morgan fingerprint density at radius 3 is 2.66 bits per heavy atom. The summed E-state index contributed by atoms with van der Waals surface area (Å²) in [4.78, 5) is 33.6. The van der Waals surface area contributed by atoms with E-state index in [0.29, 0.717) is 17.9 Å². The first-order chi connectivity index (χ1) is 14.1. The molecule has 0 saturated carbocycles. The van der Waals surface area contributed by atoms with E-state index in [1.165, 1.54) is 12.1 Å². The van der Waals surface area contributed by atoms with E-state index in [-0.39, 0.29) is 11.5 Å². The van der Waals surface area contributed by atoms with Crippen LogP contribution in [0.5, 0.6) is 0 Å². The molecule has 2 atom stereocenters. The Bertz CT molecular complexity index is 963. The van der Waals surface area contributed by atoms with Gasteiger partial charge in [-0.1, -0.05) is 6.07 Å². The largest absolute Gasteiger partial charge is 0.343 e. The molecule has 6 heteroatoms. The van der Waals surface area contributed by atoms with Gasteiger partial charge in [-0.25, -0.2) is 0 Å². The summed E-state index contributed by atoms with van der Waals surface area (Å²) in [5, 5.41) is 0. The number of carbonyl (C=O) groups excluding carboxylic acids is 1.